The lowest BCUT2D eigenvalue weighted by Gasteiger charge is -2.22. The highest BCUT2D eigenvalue weighted by molar-refractivity contribution is 6.43. The van der Waals surface area contributed by atoms with Crippen LogP contribution in [0.1, 0.15) is 34.8 Å². The van der Waals surface area contributed by atoms with Crippen LogP contribution < -0.4 is 10.6 Å². The van der Waals surface area contributed by atoms with Crippen LogP contribution in [0.5, 0.6) is 0 Å². The summed E-state index contributed by atoms with van der Waals surface area (Å²) >= 11 is 0. The molecule has 3 rings (SSSR count). The van der Waals surface area contributed by atoms with Gasteiger partial charge in [0.2, 0.25) is 5.91 Å². The monoisotopic (exact) mass is 437 g/mol. The van der Waals surface area contributed by atoms with E-state index in [1.54, 1.807) is 0 Å². The fourth-order valence-corrected chi connectivity index (χ4v) is 3.14. The summed E-state index contributed by atoms with van der Waals surface area (Å²) in [5.74, 6) is -1.87. The Morgan fingerprint density at radius 1 is 1.06 bits per heavy atom. The third-order valence-corrected chi connectivity index (χ3v) is 4.79. The highest BCUT2D eigenvalue weighted by atomic mass is 16.4. The predicted molar refractivity (Wildman–Crippen MR) is 115 cm³/mol. The molecule has 0 aliphatic rings. The molecule has 0 saturated carbocycles. The average molecular weight is 437 g/mol. The van der Waals surface area contributed by atoms with Crippen molar-refractivity contribution < 1.29 is 24.1 Å². The average Bonchev–Trinajstić information content (AvgIpc) is 3.32. The molecular formula is C21H24BN5O5. The maximum Gasteiger partial charge on any atom is 0.475 e. The molecule has 2 heterocycles. The fourth-order valence-electron chi connectivity index (χ4n) is 3.14. The number of carbonyl (C=O) groups excluding carboxylic acids is 2. The summed E-state index contributed by atoms with van der Waals surface area (Å²) in [6.45, 7) is 0. The lowest BCUT2D eigenvalue weighted by atomic mass is 9.76. The summed E-state index contributed by atoms with van der Waals surface area (Å²) < 4.78 is 5.20. The Kier molecular flexibility index (Phi) is 8.47. The molecule has 0 aliphatic carbocycles. The maximum absolute atomic E-state index is 12.9. The molecule has 0 bridgehead atoms. The van der Waals surface area contributed by atoms with Crippen LogP contribution in [-0.4, -0.2) is 55.9 Å². The highest BCUT2D eigenvalue weighted by Crippen LogP contribution is 2.09. The van der Waals surface area contributed by atoms with Gasteiger partial charge in [0.15, 0.2) is 5.89 Å². The first-order valence-electron chi connectivity index (χ1n) is 10.2. The van der Waals surface area contributed by atoms with Gasteiger partial charge in [0, 0.05) is 12.4 Å². The molecule has 166 valence electrons. The van der Waals surface area contributed by atoms with Crippen LogP contribution in [0.4, 0.5) is 0 Å². The van der Waals surface area contributed by atoms with E-state index < -0.39 is 30.9 Å². The number of oxazole rings is 1. The van der Waals surface area contributed by atoms with Crippen molar-refractivity contribution in [2.75, 3.05) is 0 Å². The van der Waals surface area contributed by atoms with Gasteiger partial charge in [0.25, 0.3) is 5.91 Å². The zero-order chi connectivity index (χ0) is 22.8. The molecule has 2 amide bonds. The number of aromatic nitrogens is 3. The first-order chi connectivity index (χ1) is 15.5. The minimum Gasteiger partial charge on any atom is -0.449 e. The molecule has 0 aliphatic heterocycles. The Bertz CT molecular complexity index is 973. The summed E-state index contributed by atoms with van der Waals surface area (Å²) in [4.78, 5) is 37.2. The van der Waals surface area contributed by atoms with Gasteiger partial charge in [-0.25, -0.2) is 9.97 Å². The van der Waals surface area contributed by atoms with Crippen LogP contribution in [0.2, 0.25) is 0 Å². The fraction of sp³-hybridized carbons (Fsp3) is 0.286. The van der Waals surface area contributed by atoms with Gasteiger partial charge in [-0.2, -0.15) is 0 Å². The van der Waals surface area contributed by atoms with Crippen molar-refractivity contribution in [1.29, 1.82) is 0 Å². The molecule has 3 aromatic rings. The zero-order valence-electron chi connectivity index (χ0n) is 17.3. The molecule has 1 unspecified atom stereocenters. The van der Waals surface area contributed by atoms with Gasteiger partial charge in [-0.1, -0.05) is 30.3 Å². The van der Waals surface area contributed by atoms with Gasteiger partial charge in [0.1, 0.15) is 18.0 Å². The zero-order valence-corrected chi connectivity index (χ0v) is 17.3. The van der Waals surface area contributed by atoms with Crippen molar-refractivity contribution >= 4 is 18.9 Å². The number of amides is 2. The summed E-state index contributed by atoms with van der Waals surface area (Å²) in [7, 11) is -1.76. The number of aryl methyl sites for hydroxylation is 1. The molecule has 2 atom stereocenters. The summed E-state index contributed by atoms with van der Waals surface area (Å²) in [5, 5.41) is 24.7. The number of rotatable bonds is 11. The van der Waals surface area contributed by atoms with E-state index in [-0.39, 0.29) is 18.0 Å². The van der Waals surface area contributed by atoms with E-state index in [9.17, 15) is 19.6 Å². The second-order valence-electron chi connectivity index (χ2n) is 7.15. The van der Waals surface area contributed by atoms with Gasteiger partial charge in [-0.05, 0) is 24.8 Å². The third kappa shape index (κ3) is 7.00. The lowest BCUT2D eigenvalue weighted by molar-refractivity contribution is -0.123. The van der Waals surface area contributed by atoms with Gasteiger partial charge >= 0.3 is 7.12 Å². The smallest absolute Gasteiger partial charge is 0.449 e. The first kappa shape index (κ1) is 23.1. The van der Waals surface area contributed by atoms with Crippen molar-refractivity contribution in [2.24, 2.45) is 0 Å². The van der Waals surface area contributed by atoms with Crippen molar-refractivity contribution in [3.05, 3.63) is 78.5 Å². The first-order valence-corrected chi connectivity index (χ1v) is 10.2. The number of nitrogens with one attached hydrogen (secondary N) is 2. The topological polar surface area (TPSA) is 150 Å². The Morgan fingerprint density at radius 2 is 1.88 bits per heavy atom. The maximum atomic E-state index is 12.9. The van der Waals surface area contributed by atoms with E-state index in [2.05, 4.69) is 25.6 Å². The number of hydrogen-bond donors (Lipinski definition) is 4. The number of nitrogens with zero attached hydrogens (tertiary/aromatic N) is 3. The molecule has 2 aromatic heterocycles. The number of benzene rings is 1. The molecule has 32 heavy (non-hydrogen) atoms. The van der Waals surface area contributed by atoms with E-state index in [1.807, 2.05) is 30.3 Å². The van der Waals surface area contributed by atoms with Gasteiger partial charge < -0.3 is 25.1 Å². The Labute approximate surface area is 185 Å². The molecule has 11 heteroatoms. The van der Waals surface area contributed by atoms with Crippen LogP contribution in [0.15, 0.2) is 65.8 Å². The van der Waals surface area contributed by atoms with Crippen LogP contribution >= 0.6 is 0 Å². The van der Waals surface area contributed by atoms with Gasteiger partial charge in [0.05, 0.1) is 24.8 Å². The number of carbonyl (C=O) groups is 2. The minimum absolute atomic E-state index is 0.0247. The second-order valence-corrected chi connectivity index (χ2v) is 7.15. The van der Waals surface area contributed by atoms with Crippen molar-refractivity contribution in [1.82, 2.24) is 25.6 Å². The summed E-state index contributed by atoms with van der Waals surface area (Å²) in [6.07, 6.45) is 8.52. The standard InChI is InChI=1S/C21H24BN5O5/c28-20(27-18(22(30)31)8-4-7-15-5-2-1-3-6-15)16(13-19-25-11-12-32-19)26-21(29)17-14-23-9-10-24-17/h1-3,5-6,9-12,14,16,18,30-31H,4,7-8,13H2,(H,26,29)(H,27,28)/t16?,18-/m0/s1. The predicted octanol–water partition coefficient (Wildman–Crippen LogP) is 0.325. The van der Waals surface area contributed by atoms with Crippen LogP contribution in [0.25, 0.3) is 0 Å². The van der Waals surface area contributed by atoms with Gasteiger partial charge in [-0.3, -0.25) is 14.6 Å². The van der Waals surface area contributed by atoms with Crippen LogP contribution in [0, 0.1) is 0 Å². The largest absolute Gasteiger partial charge is 0.475 e. The van der Waals surface area contributed by atoms with E-state index in [4.69, 9.17) is 4.42 Å². The summed E-state index contributed by atoms with van der Waals surface area (Å²) in [5.41, 5.74) is 1.15. The lowest BCUT2D eigenvalue weighted by Crippen LogP contribution is -2.54. The van der Waals surface area contributed by atoms with Crippen molar-refractivity contribution in [3.8, 4) is 0 Å². The SMILES string of the molecule is O=C(NC(Cc1ncco1)C(=O)N[C@@H](CCCc1ccccc1)B(O)O)c1cnccn1. The van der Waals surface area contributed by atoms with Crippen molar-refractivity contribution in [3.63, 3.8) is 0 Å². The molecule has 1 aromatic carbocycles. The van der Waals surface area contributed by atoms with Crippen LogP contribution in [0.3, 0.4) is 0 Å². The minimum atomic E-state index is -1.76. The van der Waals surface area contributed by atoms with E-state index >= 15 is 0 Å². The van der Waals surface area contributed by atoms with Gasteiger partial charge in [-0.15, -0.1) is 0 Å². The van der Waals surface area contributed by atoms with E-state index in [0.29, 0.717) is 12.8 Å². The molecule has 0 saturated heterocycles. The Balaban J connectivity index is 1.64. The highest BCUT2D eigenvalue weighted by Gasteiger charge is 2.30. The van der Waals surface area contributed by atoms with Crippen LogP contribution in [-0.2, 0) is 17.6 Å². The summed E-state index contributed by atoms with van der Waals surface area (Å²) in [6, 6.07) is 8.69. The molecule has 4 N–H and O–H groups in total. The van der Waals surface area contributed by atoms with E-state index in [1.165, 1.54) is 31.1 Å². The third-order valence-electron chi connectivity index (χ3n) is 4.79. The molecule has 0 radical (unpaired) electrons. The van der Waals surface area contributed by atoms with E-state index in [0.717, 1.165) is 12.0 Å². The molecule has 0 spiro atoms. The molecular weight excluding hydrogens is 413 g/mol. The second kappa shape index (κ2) is 11.7. The quantitative estimate of drug-likeness (QED) is 0.314. The molecule has 0 fully saturated rings. The Hall–Kier alpha value is -3.57. The molecule has 10 nitrogen and oxygen atoms in total. The number of hydrogen-bond acceptors (Lipinski definition) is 8. The Morgan fingerprint density at radius 3 is 2.53 bits per heavy atom. The van der Waals surface area contributed by atoms with Crippen molar-refractivity contribution in [2.45, 2.75) is 37.7 Å². The normalized spacial score (nSPS) is 12.6.